The summed E-state index contributed by atoms with van der Waals surface area (Å²) in [5.41, 5.74) is 4.96. The molecule has 1 aromatic carbocycles. The standard InChI is InChI=1S/C13H18FNO3/c1-13(2,17-3)7-8-18-12(16)9-5-4-6-10(14)11(9)15/h4-6H,7-8,15H2,1-3H3. The largest absolute Gasteiger partial charge is 0.462 e. The van der Waals surface area contributed by atoms with Gasteiger partial charge in [0.1, 0.15) is 5.82 Å². The molecule has 0 unspecified atom stereocenters. The Balaban J connectivity index is 2.59. The number of halogens is 1. The van der Waals surface area contributed by atoms with Crippen LogP contribution in [-0.2, 0) is 9.47 Å². The lowest BCUT2D eigenvalue weighted by atomic mass is 10.1. The monoisotopic (exact) mass is 255 g/mol. The van der Waals surface area contributed by atoms with Crippen LogP contribution in [-0.4, -0.2) is 25.3 Å². The Morgan fingerprint density at radius 1 is 1.44 bits per heavy atom. The van der Waals surface area contributed by atoms with Crippen LogP contribution in [0.15, 0.2) is 18.2 Å². The lowest BCUT2D eigenvalue weighted by molar-refractivity contribution is -0.00561. The first kappa shape index (κ1) is 14.4. The molecule has 1 aromatic rings. The Hall–Kier alpha value is -1.62. The normalized spacial score (nSPS) is 11.3. The summed E-state index contributed by atoms with van der Waals surface area (Å²) >= 11 is 0. The summed E-state index contributed by atoms with van der Waals surface area (Å²) in [7, 11) is 1.59. The van der Waals surface area contributed by atoms with Crippen LogP contribution in [0.4, 0.5) is 10.1 Å². The van der Waals surface area contributed by atoms with Gasteiger partial charge in [-0.3, -0.25) is 0 Å². The Morgan fingerprint density at radius 2 is 2.11 bits per heavy atom. The molecule has 2 N–H and O–H groups in total. The number of hydrogen-bond donors (Lipinski definition) is 1. The highest BCUT2D eigenvalue weighted by Crippen LogP contribution is 2.18. The molecule has 0 saturated heterocycles. The predicted molar refractivity (Wildman–Crippen MR) is 66.8 cm³/mol. The maximum Gasteiger partial charge on any atom is 0.340 e. The van der Waals surface area contributed by atoms with Gasteiger partial charge in [0.2, 0.25) is 0 Å². The molecule has 4 nitrogen and oxygen atoms in total. The molecule has 0 spiro atoms. The predicted octanol–water partition coefficient (Wildman–Crippen LogP) is 2.38. The molecule has 100 valence electrons. The van der Waals surface area contributed by atoms with Crippen molar-refractivity contribution in [3.63, 3.8) is 0 Å². The summed E-state index contributed by atoms with van der Waals surface area (Å²) in [5.74, 6) is -1.25. The van der Waals surface area contributed by atoms with E-state index in [-0.39, 0.29) is 23.5 Å². The second kappa shape index (κ2) is 5.82. The number of hydrogen-bond acceptors (Lipinski definition) is 4. The molecule has 0 heterocycles. The maximum atomic E-state index is 13.2. The average Bonchev–Trinajstić information content (AvgIpc) is 2.32. The molecule has 0 atom stereocenters. The minimum absolute atomic E-state index is 0.0465. The van der Waals surface area contributed by atoms with Crippen molar-refractivity contribution in [2.24, 2.45) is 0 Å². The van der Waals surface area contributed by atoms with Gasteiger partial charge in [0, 0.05) is 13.5 Å². The average molecular weight is 255 g/mol. The van der Waals surface area contributed by atoms with Crippen molar-refractivity contribution in [3.05, 3.63) is 29.6 Å². The van der Waals surface area contributed by atoms with Gasteiger partial charge >= 0.3 is 5.97 Å². The molecule has 1 rings (SSSR count). The fraction of sp³-hybridized carbons (Fsp3) is 0.462. The number of methoxy groups -OCH3 is 1. The number of ether oxygens (including phenoxy) is 2. The highest BCUT2D eigenvalue weighted by Gasteiger charge is 2.18. The van der Waals surface area contributed by atoms with E-state index in [1.54, 1.807) is 7.11 Å². The molecule has 0 bridgehead atoms. The van der Waals surface area contributed by atoms with Crippen LogP contribution in [0, 0.1) is 5.82 Å². The highest BCUT2D eigenvalue weighted by atomic mass is 19.1. The highest BCUT2D eigenvalue weighted by molar-refractivity contribution is 5.95. The van der Waals surface area contributed by atoms with Gasteiger partial charge in [-0.15, -0.1) is 0 Å². The number of anilines is 1. The fourth-order valence-electron chi connectivity index (χ4n) is 1.28. The first-order valence-corrected chi connectivity index (χ1v) is 5.63. The molecular weight excluding hydrogens is 237 g/mol. The van der Waals surface area contributed by atoms with Gasteiger partial charge in [0.05, 0.1) is 23.5 Å². The number of carbonyl (C=O) groups excluding carboxylic acids is 1. The Labute approximate surface area is 106 Å². The van der Waals surface area contributed by atoms with Crippen LogP contribution in [0.1, 0.15) is 30.6 Å². The van der Waals surface area contributed by atoms with Gasteiger partial charge in [-0.25, -0.2) is 9.18 Å². The molecule has 0 saturated carbocycles. The van der Waals surface area contributed by atoms with E-state index in [0.29, 0.717) is 6.42 Å². The zero-order valence-electron chi connectivity index (χ0n) is 10.8. The van der Waals surface area contributed by atoms with Crippen molar-refractivity contribution in [1.82, 2.24) is 0 Å². The molecular formula is C13H18FNO3. The molecule has 0 aliphatic heterocycles. The summed E-state index contributed by atoms with van der Waals surface area (Å²) in [6.45, 7) is 3.96. The summed E-state index contributed by atoms with van der Waals surface area (Å²) in [5, 5.41) is 0. The fourth-order valence-corrected chi connectivity index (χ4v) is 1.28. The number of rotatable bonds is 5. The van der Waals surface area contributed by atoms with E-state index >= 15 is 0 Å². The zero-order chi connectivity index (χ0) is 13.8. The van der Waals surface area contributed by atoms with Crippen molar-refractivity contribution in [2.45, 2.75) is 25.9 Å². The van der Waals surface area contributed by atoms with E-state index in [1.807, 2.05) is 13.8 Å². The molecule has 0 aliphatic rings. The Kier molecular flexibility index (Phi) is 4.67. The minimum atomic E-state index is -0.626. The number of esters is 1. The van der Waals surface area contributed by atoms with Crippen LogP contribution in [0.3, 0.4) is 0 Å². The number of para-hydroxylation sites is 1. The van der Waals surface area contributed by atoms with Crippen molar-refractivity contribution in [2.75, 3.05) is 19.5 Å². The van der Waals surface area contributed by atoms with E-state index in [2.05, 4.69) is 0 Å². The summed E-state index contributed by atoms with van der Waals surface area (Å²) in [6.07, 6.45) is 0.546. The van der Waals surface area contributed by atoms with Crippen molar-refractivity contribution in [3.8, 4) is 0 Å². The first-order chi connectivity index (χ1) is 8.37. The van der Waals surface area contributed by atoms with Gasteiger partial charge in [0.25, 0.3) is 0 Å². The maximum absolute atomic E-state index is 13.2. The number of nitrogens with two attached hydrogens (primary N) is 1. The van der Waals surface area contributed by atoms with Crippen molar-refractivity contribution >= 4 is 11.7 Å². The van der Waals surface area contributed by atoms with E-state index in [0.717, 1.165) is 0 Å². The Morgan fingerprint density at radius 3 is 2.72 bits per heavy atom. The zero-order valence-corrected chi connectivity index (χ0v) is 10.8. The van der Waals surface area contributed by atoms with Crippen LogP contribution < -0.4 is 5.73 Å². The second-order valence-corrected chi connectivity index (χ2v) is 4.55. The van der Waals surface area contributed by atoms with Crippen molar-refractivity contribution in [1.29, 1.82) is 0 Å². The Bertz CT molecular complexity index is 432. The molecule has 5 heteroatoms. The molecule has 0 radical (unpaired) electrons. The topological polar surface area (TPSA) is 61.5 Å². The lowest BCUT2D eigenvalue weighted by Crippen LogP contribution is -2.25. The quantitative estimate of drug-likeness (QED) is 0.648. The molecule has 18 heavy (non-hydrogen) atoms. The third-order valence-electron chi connectivity index (χ3n) is 2.76. The van der Waals surface area contributed by atoms with Crippen LogP contribution in [0.5, 0.6) is 0 Å². The van der Waals surface area contributed by atoms with Crippen molar-refractivity contribution < 1.29 is 18.7 Å². The first-order valence-electron chi connectivity index (χ1n) is 5.63. The van der Waals surface area contributed by atoms with E-state index in [1.165, 1.54) is 18.2 Å². The van der Waals surface area contributed by atoms with Crippen LogP contribution >= 0.6 is 0 Å². The smallest absolute Gasteiger partial charge is 0.340 e. The SMILES string of the molecule is COC(C)(C)CCOC(=O)c1cccc(F)c1N. The number of benzene rings is 1. The summed E-state index contributed by atoms with van der Waals surface area (Å²) < 4.78 is 23.4. The lowest BCUT2D eigenvalue weighted by Gasteiger charge is -2.22. The number of nitrogen functional groups attached to an aromatic ring is 1. The van der Waals surface area contributed by atoms with Gasteiger partial charge < -0.3 is 15.2 Å². The third kappa shape index (κ3) is 3.70. The number of carbonyl (C=O) groups is 1. The summed E-state index contributed by atoms with van der Waals surface area (Å²) in [6, 6.07) is 4.05. The van der Waals surface area contributed by atoms with Crippen LogP contribution in [0.2, 0.25) is 0 Å². The van der Waals surface area contributed by atoms with Crippen LogP contribution in [0.25, 0.3) is 0 Å². The van der Waals surface area contributed by atoms with Gasteiger partial charge in [-0.2, -0.15) is 0 Å². The third-order valence-corrected chi connectivity index (χ3v) is 2.76. The van der Waals surface area contributed by atoms with Gasteiger partial charge in [-0.05, 0) is 26.0 Å². The molecule has 0 aliphatic carbocycles. The van der Waals surface area contributed by atoms with E-state index in [4.69, 9.17) is 15.2 Å². The molecule has 0 aromatic heterocycles. The van der Waals surface area contributed by atoms with Gasteiger partial charge in [-0.1, -0.05) is 6.07 Å². The minimum Gasteiger partial charge on any atom is -0.462 e. The van der Waals surface area contributed by atoms with E-state index in [9.17, 15) is 9.18 Å². The molecule has 0 fully saturated rings. The van der Waals surface area contributed by atoms with E-state index < -0.39 is 11.8 Å². The summed E-state index contributed by atoms with van der Waals surface area (Å²) in [4.78, 5) is 11.7. The molecule has 0 amide bonds. The van der Waals surface area contributed by atoms with Gasteiger partial charge in [0.15, 0.2) is 0 Å². The second-order valence-electron chi connectivity index (χ2n) is 4.55.